The van der Waals surface area contributed by atoms with Crippen LogP contribution in [0.25, 0.3) is 0 Å². The second-order valence-corrected chi connectivity index (χ2v) is 4.91. The van der Waals surface area contributed by atoms with Crippen molar-refractivity contribution in [3.8, 4) is 0 Å². The van der Waals surface area contributed by atoms with E-state index in [0.717, 1.165) is 43.9 Å². The molecule has 90 valence electrons. The monoisotopic (exact) mass is 231 g/mol. The van der Waals surface area contributed by atoms with Crippen molar-refractivity contribution < 1.29 is 4.79 Å². The molecular formula is C13H17N3O. The highest BCUT2D eigenvalue weighted by Crippen LogP contribution is 2.20. The number of rotatable bonds is 2. The van der Waals surface area contributed by atoms with Crippen molar-refractivity contribution in [2.24, 2.45) is 0 Å². The van der Waals surface area contributed by atoms with Crippen molar-refractivity contribution in [2.75, 3.05) is 32.7 Å². The van der Waals surface area contributed by atoms with Gasteiger partial charge in [0.2, 0.25) is 0 Å². The predicted octanol–water partition coefficient (Wildman–Crippen LogP) is 0.573. The van der Waals surface area contributed by atoms with E-state index in [9.17, 15) is 4.79 Å². The lowest BCUT2D eigenvalue weighted by molar-refractivity contribution is 0.0158. The highest BCUT2D eigenvalue weighted by atomic mass is 16.1. The first-order valence-corrected chi connectivity index (χ1v) is 6.17. The molecule has 3 aliphatic rings. The Morgan fingerprint density at radius 3 is 2.71 bits per heavy atom. The summed E-state index contributed by atoms with van der Waals surface area (Å²) in [5.41, 5.74) is 1.81. The third-order valence-corrected chi connectivity index (χ3v) is 3.89. The SMILES string of the molecule is Cc1ccncc1C(=O)C1CN2CCN1CC2. The summed E-state index contributed by atoms with van der Waals surface area (Å²) >= 11 is 0. The number of piperazine rings is 3. The zero-order valence-electron chi connectivity index (χ0n) is 10.1. The van der Waals surface area contributed by atoms with Crippen LogP contribution in [0.1, 0.15) is 15.9 Å². The second kappa shape index (κ2) is 4.20. The van der Waals surface area contributed by atoms with Crippen LogP contribution in [0.4, 0.5) is 0 Å². The second-order valence-electron chi connectivity index (χ2n) is 4.91. The third kappa shape index (κ3) is 1.87. The van der Waals surface area contributed by atoms with Crippen LogP contribution in [-0.2, 0) is 0 Å². The minimum atomic E-state index is 0.0420. The smallest absolute Gasteiger partial charge is 0.183 e. The summed E-state index contributed by atoms with van der Waals surface area (Å²) in [5.74, 6) is 0.236. The maximum atomic E-state index is 12.5. The molecule has 4 heteroatoms. The standard InChI is InChI=1S/C13H17N3O/c1-10-2-3-14-8-11(10)13(17)12-9-15-4-6-16(12)7-5-15/h2-3,8,12H,4-7,9H2,1H3. The lowest BCUT2D eigenvalue weighted by atomic mass is 9.97. The van der Waals surface area contributed by atoms with Gasteiger partial charge >= 0.3 is 0 Å². The van der Waals surface area contributed by atoms with E-state index < -0.39 is 0 Å². The van der Waals surface area contributed by atoms with Gasteiger partial charge in [-0.1, -0.05) is 0 Å². The van der Waals surface area contributed by atoms with Crippen LogP contribution in [0.3, 0.4) is 0 Å². The maximum Gasteiger partial charge on any atom is 0.183 e. The van der Waals surface area contributed by atoms with Gasteiger partial charge in [-0.15, -0.1) is 0 Å². The number of hydrogen-bond donors (Lipinski definition) is 0. The minimum absolute atomic E-state index is 0.0420. The fraction of sp³-hybridized carbons (Fsp3) is 0.538. The van der Waals surface area contributed by atoms with Crippen molar-refractivity contribution in [1.29, 1.82) is 0 Å². The molecular weight excluding hydrogens is 214 g/mol. The molecule has 0 aromatic carbocycles. The van der Waals surface area contributed by atoms with E-state index >= 15 is 0 Å². The van der Waals surface area contributed by atoms with E-state index in [1.165, 1.54) is 0 Å². The molecule has 0 amide bonds. The fourth-order valence-corrected chi connectivity index (χ4v) is 2.77. The van der Waals surface area contributed by atoms with E-state index in [-0.39, 0.29) is 11.8 Å². The molecule has 4 heterocycles. The molecule has 1 unspecified atom stereocenters. The molecule has 0 spiro atoms. The van der Waals surface area contributed by atoms with Gasteiger partial charge in [-0.3, -0.25) is 19.6 Å². The molecule has 1 aromatic rings. The van der Waals surface area contributed by atoms with E-state index in [1.54, 1.807) is 12.4 Å². The van der Waals surface area contributed by atoms with Gasteiger partial charge in [-0.25, -0.2) is 0 Å². The highest BCUT2D eigenvalue weighted by molar-refractivity contribution is 6.01. The van der Waals surface area contributed by atoms with Crippen molar-refractivity contribution in [3.05, 3.63) is 29.6 Å². The van der Waals surface area contributed by atoms with Crippen molar-refractivity contribution >= 4 is 5.78 Å². The number of nitrogens with zero attached hydrogens (tertiary/aromatic N) is 3. The molecule has 1 atom stereocenters. The summed E-state index contributed by atoms with van der Waals surface area (Å²) in [6, 6.07) is 1.95. The number of pyridine rings is 1. The predicted molar refractivity (Wildman–Crippen MR) is 65.1 cm³/mol. The molecule has 4 rings (SSSR count). The summed E-state index contributed by atoms with van der Waals surface area (Å²) in [5, 5.41) is 0. The number of aryl methyl sites for hydroxylation is 1. The van der Waals surface area contributed by atoms with Gasteiger partial charge in [0.1, 0.15) is 0 Å². The van der Waals surface area contributed by atoms with E-state index in [2.05, 4.69) is 14.8 Å². The Kier molecular flexibility index (Phi) is 2.68. The number of hydrogen-bond acceptors (Lipinski definition) is 4. The van der Waals surface area contributed by atoms with Crippen LogP contribution in [-0.4, -0.2) is 59.3 Å². The van der Waals surface area contributed by atoms with Crippen LogP contribution < -0.4 is 0 Å². The lowest BCUT2D eigenvalue weighted by Gasteiger charge is -2.46. The van der Waals surface area contributed by atoms with Gasteiger partial charge in [-0.2, -0.15) is 0 Å². The van der Waals surface area contributed by atoms with Crippen LogP contribution in [0, 0.1) is 6.92 Å². The topological polar surface area (TPSA) is 36.4 Å². The molecule has 0 saturated carbocycles. The normalized spacial score (nSPS) is 31.5. The molecule has 3 aliphatic heterocycles. The number of aromatic nitrogens is 1. The Hall–Kier alpha value is -1.26. The zero-order valence-corrected chi connectivity index (χ0v) is 10.1. The first-order chi connectivity index (χ1) is 8.25. The summed E-state index contributed by atoms with van der Waals surface area (Å²) < 4.78 is 0. The number of ketones is 1. The Morgan fingerprint density at radius 2 is 2.12 bits per heavy atom. The molecule has 0 N–H and O–H groups in total. The van der Waals surface area contributed by atoms with Crippen LogP contribution >= 0.6 is 0 Å². The first kappa shape index (κ1) is 10.9. The molecule has 3 saturated heterocycles. The maximum absolute atomic E-state index is 12.5. The molecule has 1 aromatic heterocycles. The zero-order chi connectivity index (χ0) is 11.8. The lowest BCUT2D eigenvalue weighted by Crippen LogP contribution is -2.63. The van der Waals surface area contributed by atoms with Crippen molar-refractivity contribution in [3.63, 3.8) is 0 Å². The average molecular weight is 231 g/mol. The minimum Gasteiger partial charge on any atom is -0.299 e. The summed E-state index contributed by atoms with van der Waals surface area (Å²) in [6.07, 6.45) is 3.44. The average Bonchev–Trinajstić information content (AvgIpc) is 2.40. The Labute approximate surface area is 101 Å². The molecule has 2 bridgehead atoms. The van der Waals surface area contributed by atoms with Gasteiger partial charge in [0.05, 0.1) is 6.04 Å². The quantitative estimate of drug-likeness (QED) is 0.697. The van der Waals surface area contributed by atoms with Crippen LogP contribution in [0.2, 0.25) is 0 Å². The van der Waals surface area contributed by atoms with Crippen molar-refractivity contribution in [2.45, 2.75) is 13.0 Å². The third-order valence-electron chi connectivity index (χ3n) is 3.89. The van der Waals surface area contributed by atoms with Gasteiger partial charge in [0, 0.05) is 50.7 Å². The first-order valence-electron chi connectivity index (χ1n) is 6.17. The van der Waals surface area contributed by atoms with Crippen molar-refractivity contribution in [1.82, 2.24) is 14.8 Å². The molecule has 0 aliphatic carbocycles. The molecule has 3 fully saturated rings. The Morgan fingerprint density at radius 1 is 1.35 bits per heavy atom. The summed E-state index contributed by atoms with van der Waals surface area (Å²) in [7, 11) is 0. The summed E-state index contributed by atoms with van der Waals surface area (Å²) in [6.45, 7) is 7.12. The number of fused-ring (bicyclic) bond motifs is 3. The van der Waals surface area contributed by atoms with Gasteiger partial charge < -0.3 is 0 Å². The van der Waals surface area contributed by atoms with Gasteiger partial charge in [0.15, 0.2) is 5.78 Å². The van der Waals surface area contributed by atoms with Crippen LogP contribution in [0.5, 0.6) is 0 Å². The van der Waals surface area contributed by atoms with E-state index in [0.29, 0.717) is 0 Å². The van der Waals surface area contributed by atoms with Gasteiger partial charge in [-0.05, 0) is 18.6 Å². The molecule has 4 nitrogen and oxygen atoms in total. The van der Waals surface area contributed by atoms with Gasteiger partial charge in [0.25, 0.3) is 0 Å². The van der Waals surface area contributed by atoms with Crippen LogP contribution in [0.15, 0.2) is 18.5 Å². The van der Waals surface area contributed by atoms with E-state index in [1.807, 2.05) is 13.0 Å². The molecule has 17 heavy (non-hydrogen) atoms. The Bertz CT molecular complexity index is 438. The number of carbonyl (C=O) groups excluding carboxylic acids is 1. The van der Waals surface area contributed by atoms with E-state index in [4.69, 9.17) is 0 Å². The summed E-state index contributed by atoms with van der Waals surface area (Å²) in [4.78, 5) is 21.3. The largest absolute Gasteiger partial charge is 0.299 e. The number of carbonyl (C=O) groups is 1. The fourth-order valence-electron chi connectivity index (χ4n) is 2.77. The highest BCUT2D eigenvalue weighted by Gasteiger charge is 2.36. The number of Topliss-reactive ketones (excluding diaryl/α,β-unsaturated/α-hetero) is 1. The Balaban J connectivity index is 1.85. The molecule has 0 radical (unpaired) electrons.